The van der Waals surface area contributed by atoms with Crippen molar-refractivity contribution in [3.63, 3.8) is 0 Å². The molecule has 1 aliphatic carbocycles. The van der Waals surface area contributed by atoms with Crippen LogP contribution in [-0.4, -0.2) is 30.8 Å². The van der Waals surface area contributed by atoms with E-state index in [9.17, 15) is 0 Å². The van der Waals surface area contributed by atoms with E-state index < -0.39 is 0 Å². The molecule has 3 heteroatoms. The smallest absolute Gasteiger partial charge is 0.0553 e. The van der Waals surface area contributed by atoms with Gasteiger partial charge in [-0.1, -0.05) is 6.42 Å². The van der Waals surface area contributed by atoms with Crippen molar-refractivity contribution in [1.29, 1.82) is 0 Å². The molecule has 2 N–H and O–H groups in total. The van der Waals surface area contributed by atoms with Crippen molar-refractivity contribution in [1.82, 2.24) is 0 Å². The second kappa shape index (κ2) is 5.84. The highest BCUT2D eigenvalue weighted by Crippen LogP contribution is 2.27. The van der Waals surface area contributed by atoms with Gasteiger partial charge >= 0.3 is 0 Å². The first kappa shape index (κ1) is 10.4. The van der Waals surface area contributed by atoms with Crippen LogP contribution in [0, 0.1) is 0 Å². The Balaban J connectivity index is 2.06. The van der Waals surface area contributed by atoms with Crippen molar-refractivity contribution in [2.45, 2.75) is 37.0 Å². The molecule has 0 heterocycles. The standard InChI is InChI=1S/C9H19NOS/c1-11-5-6-12-9-4-2-3-8(10)7-9/h8-9H,2-7,10H2,1H3. The Hall–Kier alpha value is 0.270. The van der Waals surface area contributed by atoms with E-state index in [1.165, 1.54) is 25.7 Å². The van der Waals surface area contributed by atoms with Crippen LogP contribution in [0.1, 0.15) is 25.7 Å². The highest BCUT2D eigenvalue weighted by atomic mass is 32.2. The first-order chi connectivity index (χ1) is 5.83. The van der Waals surface area contributed by atoms with Crippen LogP contribution in [0.25, 0.3) is 0 Å². The molecule has 0 saturated heterocycles. The third kappa shape index (κ3) is 3.78. The minimum absolute atomic E-state index is 0.457. The Kier molecular flexibility index (Phi) is 5.04. The summed E-state index contributed by atoms with van der Waals surface area (Å²) in [7, 11) is 1.76. The molecule has 0 aromatic rings. The maximum atomic E-state index is 5.88. The van der Waals surface area contributed by atoms with Crippen LogP contribution in [0.2, 0.25) is 0 Å². The van der Waals surface area contributed by atoms with Crippen LogP contribution in [0.15, 0.2) is 0 Å². The molecule has 0 bridgehead atoms. The number of nitrogens with two attached hydrogens (primary N) is 1. The molecule has 2 unspecified atom stereocenters. The van der Waals surface area contributed by atoms with E-state index in [1.54, 1.807) is 7.11 Å². The van der Waals surface area contributed by atoms with Gasteiger partial charge in [-0.05, 0) is 19.3 Å². The number of rotatable bonds is 4. The molecule has 0 aromatic heterocycles. The lowest BCUT2D eigenvalue weighted by atomic mass is 9.96. The first-order valence-corrected chi connectivity index (χ1v) is 5.74. The highest BCUT2D eigenvalue weighted by Gasteiger charge is 2.18. The van der Waals surface area contributed by atoms with Gasteiger partial charge in [-0.25, -0.2) is 0 Å². The molecule has 1 rings (SSSR count). The average Bonchev–Trinajstić information content (AvgIpc) is 2.05. The van der Waals surface area contributed by atoms with Crippen molar-refractivity contribution < 1.29 is 4.74 Å². The normalized spacial score (nSPS) is 30.5. The minimum atomic E-state index is 0.457. The number of thioether (sulfide) groups is 1. The summed E-state index contributed by atoms with van der Waals surface area (Å²) < 4.78 is 5.01. The van der Waals surface area contributed by atoms with Crippen molar-refractivity contribution in [2.24, 2.45) is 5.73 Å². The summed E-state index contributed by atoms with van der Waals surface area (Å²) in [5, 5.41) is 0.795. The van der Waals surface area contributed by atoms with Crippen molar-refractivity contribution >= 4 is 11.8 Å². The predicted octanol–water partition coefficient (Wildman–Crippen LogP) is 1.64. The van der Waals surface area contributed by atoms with Crippen molar-refractivity contribution in [3.05, 3.63) is 0 Å². The van der Waals surface area contributed by atoms with Gasteiger partial charge in [-0.3, -0.25) is 0 Å². The largest absolute Gasteiger partial charge is 0.384 e. The third-order valence-electron chi connectivity index (χ3n) is 2.31. The van der Waals surface area contributed by atoms with E-state index in [2.05, 4.69) is 0 Å². The third-order valence-corrected chi connectivity index (χ3v) is 3.61. The van der Waals surface area contributed by atoms with Gasteiger partial charge < -0.3 is 10.5 Å². The Morgan fingerprint density at radius 2 is 2.33 bits per heavy atom. The molecule has 0 spiro atoms. The molecule has 0 amide bonds. The van der Waals surface area contributed by atoms with E-state index in [0.29, 0.717) is 6.04 Å². The second-order valence-electron chi connectivity index (χ2n) is 3.41. The molecule has 12 heavy (non-hydrogen) atoms. The van der Waals surface area contributed by atoms with E-state index >= 15 is 0 Å². The van der Waals surface area contributed by atoms with Crippen LogP contribution in [-0.2, 0) is 4.74 Å². The molecule has 0 radical (unpaired) electrons. The fourth-order valence-electron chi connectivity index (χ4n) is 1.63. The molecule has 1 aliphatic rings. The fraction of sp³-hybridized carbons (Fsp3) is 1.00. The molecule has 2 atom stereocenters. The molecule has 1 fully saturated rings. The lowest BCUT2D eigenvalue weighted by Crippen LogP contribution is -2.29. The summed E-state index contributed by atoms with van der Waals surface area (Å²) in [5.74, 6) is 1.12. The highest BCUT2D eigenvalue weighted by molar-refractivity contribution is 7.99. The zero-order valence-corrected chi connectivity index (χ0v) is 8.61. The van der Waals surface area contributed by atoms with Crippen LogP contribution in [0.4, 0.5) is 0 Å². The average molecular weight is 189 g/mol. The Labute approximate surface area is 79.2 Å². The minimum Gasteiger partial charge on any atom is -0.384 e. The molecule has 72 valence electrons. The Bertz CT molecular complexity index is 121. The van der Waals surface area contributed by atoms with Gasteiger partial charge in [0, 0.05) is 24.2 Å². The molecule has 1 saturated carbocycles. The molecule has 2 nitrogen and oxygen atoms in total. The van der Waals surface area contributed by atoms with E-state index in [-0.39, 0.29) is 0 Å². The summed E-state index contributed by atoms with van der Waals surface area (Å²) in [6.45, 7) is 0.871. The van der Waals surface area contributed by atoms with Crippen LogP contribution >= 0.6 is 11.8 Å². The lowest BCUT2D eigenvalue weighted by molar-refractivity contribution is 0.218. The topological polar surface area (TPSA) is 35.2 Å². The van der Waals surface area contributed by atoms with Gasteiger partial charge in [0.05, 0.1) is 6.61 Å². The lowest BCUT2D eigenvalue weighted by Gasteiger charge is -2.25. The maximum absolute atomic E-state index is 5.88. The van der Waals surface area contributed by atoms with Gasteiger partial charge in [-0.2, -0.15) is 11.8 Å². The second-order valence-corrected chi connectivity index (χ2v) is 4.82. The molecule has 0 aromatic carbocycles. The summed E-state index contributed by atoms with van der Waals surface area (Å²) in [5.41, 5.74) is 5.88. The molecular formula is C9H19NOS. The van der Waals surface area contributed by atoms with E-state index in [4.69, 9.17) is 10.5 Å². The van der Waals surface area contributed by atoms with Crippen LogP contribution in [0.5, 0.6) is 0 Å². The van der Waals surface area contributed by atoms with Crippen molar-refractivity contribution in [2.75, 3.05) is 19.5 Å². The Morgan fingerprint density at radius 1 is 1.50 bits per heavy atom. The van der Waals surface area contributed by atoms with Crippen LogP contribution in [0.3, 0.4) is 0 Å². The van der Waals surface area contributed by atoms with Crippen LogP contribution < -0.4 is 5.73 Å². The molecule has 0 aliphatic heterocycles. The van der Waals surface area contributed by atoms with Gasteiger partial charge in [0.25, 0.3) is 0 Å². The molecular weight excluding hydrogens is 170 g/mol. The predicted molar refractivity (Wildman–Crippen MR) is 54.6 cm³/mol. The zero-order valence-electron chi connectivity index (χ0n) is 7.79. The number of hydrogen-bond acceptors (Lipinski definition) is 3. The SMILES string of the molecule is COCCSC1CCCC(N)C1. The fourth-order valence-corrected chi connectivity index (χ4v) is 2.94. The summed E-state index contributed by atoms with van der Waals surface area (Å²) in [6, 6.07) is 0.457. The zero-order chi connectivity index (χ0) is 8.81. The maximum Gasteiger partial charge on any atom is 0.0553 e. The summed E-state index contributed by atoms with van der Waals surface area (Å²) in [6.07, 6.45) is 5.09. The van der Waals surface area contributed by atoms with Gasteiger partial charge in [0.1, 0.15) is 0 Å². The first-order valence-electron chi connectivity index (χ1n) is 4.69. The Morgan fingerprint density at radius 3 is 3.00 bits per heavy atom. The monoisotopic (exact) mass is 189 g/mol. The summed E-state index contributed by atoms with van der Waals surface area (Å²) in [4.78, 5) is 0. The summed E-state index contributed by atoms with van der Waals surface area (Å²) >= 11 is 2.02. The quantitative estimate of drug-likeness (QED) is 0.683. The van der Waals surface area contributed by atoms with E-state index in [1.807, 2.05) is 11.8 Å². The number of ether oxygens (including phenoxy) is 1. The van der Waals surface area contributed by atoms with E-state index in [0.717, 1.165) is 17.6 Å². The van der Waals surface area contributed by atoms with Gasteiger partial charge in [-0.15, -0.1) is 0 Å². The van der Waals surface area contributed by atoms with Gasteiger partial charge in [0.15, 0.2) is 0 Å². The van der Waals surface area contributed by atoms with Gasteiger partial charge in [0.2, 0.25) is 0 Å². The number of hydrogen-bond donors (Lipinski definition) is 1. The van der Waals surface area contributed by atoms with Crippen molar-refractivity contribution in [3.8, 4) is 0 Å². The number of methoxy groups -OCH3 is 1.